The predicted octanol–water partition coefficient (Wildman–Crippen LogP) is 2.21. The van der Waals surface area contributed by atoms with Gasteiger partial charge in [-0.25, -0.2) is 0 Å². The van der Waals surface area contributed by atoms with E-state index in [-0.39, 0.29) is 29.6 Å². The Bertz CT molecular complexity index is 705. The van der Waals surface area contributed by atoms with Crippen LogP contribution in [0.5, 0.6) is 11.5 Å². The second kappa shape index (κ2) is 12.7. The van der Waals surface area contributed by atoms with Crippen molar-refractivity contribution in [2.45, 2.75) is 25.0 Å². The minimum absolute atomic E-state index is 0. The molecule has 0 saturated carbocycles. The number of nitrogens with zero attached hydrogens (tertiary/aromatic N) is 3. The summed E-state index contributed by atoms with van der Waals surface area (Å²) in [5, 5.41) is 3.54. The number of piperazine rings is 1. The highest BCUT2D eigenvalue weighted by atomic mass is 127. The molecule has 0 aromatic heterocycles. The quantitative estimate of drug-likeness (QED) is 0.319. The molecule has 2 fully saturated rings. The van der Waals surface area contributed by atoms with Gasteiger partial charge in [0.15, 0.2) is 5.96 Å². The van der Waals surface area contributed by atoms with Crippen molar-refractivity contribution in [3.63, 3.8) is 0 Å². The predicted molar refractivity (Wildman–Crippen MR) is 133 cm³/mol. The Morgan fingerprint density at radius 3 is 2.39 bits per heavy atom. The number of hydrogen-bond acceptors (Lipinski definition) is 6. The second-order valence-corrected chi connectivity index (χ2v) is 7.84. The van der Waals surface area contributed by atoms with Crippen LogP contribution >= 0.6 is 24.0 Å². The van der Waals surface area contributed by atoms with Crippen LogP contribution in [0.25, 0.3) is 0 Å². The number of guanidine groups is 1. The van der Waals surface area contributed by atoms with Crippen LogP contribution in [0.1, 0.15) is 18.4 Å². The van der Waals surface area contributed by atoms with Gasteiger partial charge in [-0.15, -0.1) is 24.0 Å². The van der Waals surface area contributed by atoms with Gasteiger partial charge in [-0.1, -0.05) is 0 Å². The van der Waals surface area contributed by atoms with Gasteiger partial charge in [0.1, 0.15) is 11.5 Å². The van der Waals surface area contributed by atoms with E-state index >= 15 is 0 Å². The van der Waals surface area contributed by atoms with Crippen molar-refractivity contribution < 1.29 is 18.9 Å². The highest BCUT2D eigenvalue weighted by molar-refractivity contribution is 14.0. The Morgan fingerprint density at radius 2 is 1.81 bits per heavy atom. The summed E-state index contributed by atoms with van der Waals surface area (Å²) in [6.45, 7) is 6.87. The topological polar surface area (TPSA) is 67.8 Å². The Kier molecular flexibility index (Phi) is 10.6. The van der Waals surface area contributed by atoms with Crippen LogP contribution in [0, 0.1) is 0 Å². The summed E-state index contributed by atoms with van der Waals surface area (Å²) in [6.07, 6.45) is 1.81. The third-order valence-corrected chi connectivity index (χ3v) is 6.17. The summed E-state index contributed by atoms with van der Waals surface area (Å²) in [5.41, 5.74) is 0.980. The van der Waals surface area contributed by atoms with E-state index in [0.29, 0.717) is 0 Å². The minimum Gasteiger partial charge on any atom is -0.497 e. The first kappa shape index (κ1) is 26.0. The summed E-state index contributed by atoms with van der Waals surface area (Å²) in [7, 11) is 7.04. The third-order valence-electron chi connectivity index (χ3n) is 6.17. The Hall–Kier alpha value is -1.30. The Morgan fingerprint density at radius 1 is 1.10 bits per heavy atom. The molecule has 1 aromatic carbocycles. The van der Waals surface area contributed by atoms with Gasteiger partial charge in [0, 0.05) is 85.0 Å². The number of aliphatic imine (C=N–C) groups is 1. The van der Waals surface area contributed by atoms with E-state index in [2.05, 4.69) is 26.2 Å². The van der Waals surface area contributed by atoms with E-state index < -0.39 is 0 Å². The maximum absolute atomic E-state index is 5.84. The molecule has 0 bridgehead atoms. The zero-order valence-electron chi connectivity index (χ0n) is 19.2. The first-order valence-electron chi connectivity index (χ1n) is 10.6. The summed E-state index contributed by atoms with van der Waals surface area (Å²) in [4.78, 5) is 9.27. The van der Waals surface area contributed by atoms with Crippen LogP contribution in [0.4, 0.5) is 0 Å². The highest BCUT2D eigenvalue weighted by Gasteiger charge is 2.33. The van der Waals surface area contributed by atoms with E-state index in [1.165, 1.54) is 0 Å². The van der Waals surface area contributed by atoms with Crippen molar-refractivity contribution in [1.29, 1.82) is 0 Å². The number of halogens is 1. The molecule has 0 atom stereocenters. The van der Waals surface area contributed by atoms with Gasteiger partial charge in [0.25, 0.3) is 0 Å². The van der Waals surface area contributed by atoms with Crippen molar-refractivity contribution in [2.24, 2.45) is 4.99 Å². The average Bonchev–Trinajstić information content (AvgIpc) is 2.81. The normalized spacial score (nSPS) is 19.5. The Balaban J connectivity index is 0.00000341. The second-order valence-electron chi connectivity index (χ2n) is 7.84. The maximum Gasteiger partial charge on any atom is 0.193 e. The van der Waals surface area contributed by atoms with E-state index in [4.69, 9.17) is 18.9 Å². The van der Waals surface area contributed by atoms with Crippen LogP contribution < -0.4 is 14.8 Å². The van der Waals surface area contributed by atoms with Crippen molar-refractivity contribution in [1.82, 2.24) is 15.1 Å². The molecule has 3 rings (SSSR count). The van der Waals surface area contributed by atoms with Crippen molar-refractivity contribution in [3.8, 4) is 11.5 Å². The van der Waals surface area contributed by atoms with Gasteiger partial charge in [0.2, 0.25) is 0 Å². The molecule has 1 aromatic rings. The molecule has 8 nitrogen and oxygen atoms in total. The number of hydrogen-bond donors (Lipinski definition) is 1. The van der Waals surface area contributed by atoms with E-state index in [1.807, 2.05) is 19.2 Å². The highest BCUT2D eigenvalue weighted by Crippen LogP contribution is 2.26. The lowest BCUT2D eigenvalue weighted by Crippen LogP contribution is -2.55. The fourth-order valence-electron chi connectivity index (χ4n) is 4.13. The van der Waals surface area contributed by atoms with Crippen LogP contribution in [0.2, 0.25) is 0 Å². The average molecular weight is 548 g/mol. The van der Waals surface area contributed by atoms with Gasteiger partial charge in [-0.05, 0) is 18.2 Å². The van der Waals surface area contributed by atoms with Gasteiger partial charge in [-0.2, -0.15) is 0 Å². The molecule has 9 heteroatoms. The number of benzene rings is 1. The van der Waals surface area contributed by atoms with E-state index in [1.54, 1.807) is 21.3 Å². The zero-order valence-corrected chi connectivity index (χ0v) is 21.5. The van der Waals surface area contributed by atoms with E-state index in [0.717, 1.165) is 88.3 Å². The summed E-state index contributed by atoms with van der Waals surface area (Å²) < 4.78 is 22.2. The van der Waals surface area contributed by atoms with Crippen molar-refractivity contribution in [2.75, 3.05) is 74.3 Å². The van der Waals surface area contributed by atoms with Gasteiger partial charge < -0.3 is 29.2 Å². The number of rotatable bonds is 7. The molecule has 1 N–H and O–H groups in total. The molecular weight excluding hydrogens is 511 g/mol. The molecule has 0 unspecified atom stereocenters. The lowest BCUT2D eigenvalue weighted by atomic mass is 9.94. The zero-order chi connectivity index (χ0) is 21.4. The van der Waals surface area contributed by atoms with Crippen molar-refractivity contribution in [3.05, 3.63) is 23.8 Å². The van der Waals surface area contributed by atoms with Gasteiger partial charge in [0.05, 0.1) is 19.8 Å². The molecule has 2 aliphatic rings. The summed E-state index contributed by atoms with van der Waals surface area (Å²) >= 11 is 0. The lowest BCUT2D eigenvalue weighted by Gasteiger charge is -2.39. The smallest absolute Gasteiger partial charge is 0.193 e. The van der Waals surface area contributed by atoms with Crippen LogP contribution in [0.3, 0.4) is 0 Å². The number of ether oxygens (including phenoxy) is 4. The third kappa shape index (κ3) is 6.84. The molecule has 31 heavy (non-hydrogen) atoms. The van der Waals surface area contributed by atoms with Crippen LogP contribution in [-0.2, 0) is 16.0 Å². The number of methoxy groups -OCH3 is 3. The summed E-state index contributed by atoms with van der Waals surface area (Å²) in [6, 6.07) is 5.96. The largest absolute Gasteiger partial charge is 0.497 e. The first-order valence-corrected chi connectivity index (χ1v) is 10.6. The van der Waals surface area contributed by atoms with Crippen LogP contribution in [0.15, 0.2) is 23.2 Å². The van der Waals surface area contributed by atoms with Gasteiger partial charge in [-0.3, -0.25) is 9.89 Å². The fraction of sp³-hybridized carbons (Fsp3) is 0.682. The summed E-state index contributed by atoms with van der Waals surface area (Å²) in [5.74, 6) is 2.70. The fourth-order valence-corrected chi connectivity index (χ4v) is 4.13. The first-order chi connectivity index (χ1) is 14.6. The van der Waals surface area contributed by atoms with Crippen molar-refractivity contribution >= 4 is 29.9 Å². The standard InChI is InChI=1S/C22H36N4O4.HI/c1-23-21(24-17-22(29-4)7-13-30-14-8-22)26-11-9-25(10-12-26)16-18-15-19(27-2)5-6-20(18)28-3;/h5-6,15H,7-14,16-17H2,1-4H3,(H,23,24);1H. The molecule has 2 aliphatic heterocycles. The molecule has 0 spiro atoms. The SMILES string of the molecule is CN=C(NCC1(OC)CCOCC1)N1CCN(Cc2cc(OC)ccc2OC)CC1.I. The maximum atomic E-state index is 5.84. The van der Waals surface area contributed by atoms with Gasteiger partial charge >= 0.3 is 0 Å². The molecule has 2 heterocycles. The monoisotopic (exact) mass is 548 g/mol. The minimum atomic E-state index is -0.168. The molecule has 176 valence electrons. The van der Waals surface area contributed by atoms with Crippen LogP contribution in [-0.4, -0.2) is 95.7 Å². The molecule has 0 amide bonds. The lowest BCUT2D eigenvalue weighted by molar-refractivity contribution is -0.0858. The number of nitrogens with one attached hydrogen (secondary N) is 1. The molecule has 2 saturated heterocycles. The van der Waals surface area contributed by atoms with E-state index in [9.17, 15) is 0 Å². The molecular formula is C22H37IN4O4. The molecule has 0 aliphatic carbocycles. The molecule has 0 radical (unpaired) electrons. The Labute approximate surface area is 203 Å².